The van der Waals surface area contributed by atoms with E-state index in [0.717, 1.165) is 54.2 Å². The maximum Gasteiger partial charge on any atom is 0.331 e. The molecule has 1 aliphatic heterocycles. The number of imidazole rings is 1. The SMILES string of the molecule is O=c1[nH]c2c(c3nc(-c4cccc(Cl)c4)cn13)CN(Cc1ccccc1)CC2. The molecule has 140 valence electrons. The van der Waals surface area contributed by atoms with Crippen LogP contribution in [0.3, 0.4) is 0 Å². The highest BCUT2D eigenvalue weighted by Crippen LogP contribution is 2.26. The zero-order valence-corrected chi connectivity index (χ0v) is 16.0. The van der Waals surface area contributed by atoms with Gasteiger partial charge >= 0.3 is 5.69 Å². The van der Waals surface area contributed by atoms with E-state index in [2.05, 4.69) is 34.1 Å². The number of rotatable bonds is 3. The number of benzene rings is 2. The number of hydrogen-bond acceptors (Lipinski definition) is 3. The molecule has 6 heteroatoms. The van der Waals surface area contributed by atoms with E-state index in [1.165, 1.54) is 5.56 Å². The first-order valence-electron chi connectivity index (χ1n) is 9.33. The van der Waals surface area contributed by atoms with Gasteiger partial charge < -0.3 is 4.98 Å². The Hall–Kier alpha value is -2.89. The van der Waals surface area contributed by atoms with Crippen molar-refractivity contribution in [3.05, 3.63) is 93.1 Å². The molecule has 3 heterocycles. The molecule has 0 radical (unpaired) electrons. The zero-order valence-electron chi connectivity index (χ0n) is 15.2. The lowest BCUT2D eigenvalue weighted by atomic mass is 10.1. The summed E-state index contributed by atoms with van der Waals surface area (Å²) < 4.78 is 1.61. The molecule has 1 aliphatic rings. The lowest BCUT2D eigenvalue weighted by molar-refractivity contribution is 0.243. The molecule has 5 nitrogen and oxygen atoms in total. The van der Waals surface area contributed by atoms with Crippen LogP contribution in [-0.4, -0.2) is 25.8 Å². The van der Waals surface area contributed by atoms with Gasteiger partial charge in [0.25, 0.3) is 0 Å². The highest BCUT2D eigenvalue weighted by atomic mass is 35.5. The van der Waals surface area contributed by atoms with E-state index in [1.54, 1.807) is 10.6 Å². The molecular formula is C22H19ClN4O. The molecule has 4 aromatic rings. The summed E-state index contributed by atoms with van der Waals surface area (Å²) in [6, 6.07) is 18.0. The van der Waals surface area contributed by atoms with Crippen molar-refractivity contribution in [3.63, 3.8) is 0 Å². The summed E-state index contributed by atoms with van der Waals surface area (Å²) in [6.45, 7) is 2.56. The second kappa shape index (κ2) is 6.93. The Morgan fingerprint density at radius 2 is 1.96 bits per heavy atom. The van der Waals surface area contributed by atoms with Gasteiger partial charge in [-0.1, -0.05) is 54.1 Å². The second-order valence-corrected chi connectivity index (χ2v) is 7.60. The summed E-state index contributed by atoms with van der Waals surface area (Å²) in [6.07, 6.45) is 2.60. The predicted octanol–water partition coefficient (Wildman–Crippen LogP) is 3.90. The van der Waals surface area contributed by atoms with Crippen LogP contribution >= 0.6 is 11.6 Å². The van der Waals surface area contributed by atoms with E-state index >= 15 is 0 Å². The van der Waals surface area contributed by atoms with Crippen molar-refractivity contribution in [2.75, 3.05) is 6.54 Å². The summed E-state index contributed by atoms with van der Waals surface area (Å²) in [5, 5.41) is 0.652. The molecule has 28 heavy (non-hydrogen) atoms. The molecule has 0 aliphatic carbocycles. The smallest absolute Gasteiger partial charge is 0.310 e. The van der Waals surface area contributed by atoms with Crippen molar-refractivity contribution < 1.29 is 0 Å². The summed E-state index contributed by atoms with van der Waals surface area (Å²) in [7, 11) is 0. The fourth-order valence-corrected chi connectivity index (χ4v) is 4.05. The first-order chi connectivity index (χ1) is 13.7. The average Bonchev–Trinajstić information content (AvgIpc) is 3.16. The van der Waals surface area contributed by atoms with Crippen molar-refractivity contribution in [2.24, 2.45) is 0 Å². The van der Waals surface area contributed by atoms with Crippen molar-refractivity contribution in [1.29, 1.82) is 0 Å². The maximum absolute atomic E-state index is 12.6. The maximum atomic E-state index is 12.6. The molecule has 0 unspecified atom stereocenters. The van der Waals surface area contributed by atoms with Crippen molar-refractivity contribution in [3.8, 4) is 11.3 Å². The van der Waals surface area contributed by atoms with Crippen LogP contribution in [0.4, 0.5) is 0 Å². The van der Waals surface area contributed by atoms with Crippen molar-refractivity contribution in [1.82, 2.24) is 19.3 Å². The van der Waals surface area contributed by atoms with E-state index in [1.807, 2.05) is 30.3 Å². The van der Waals surface area contributed by atoms with Gasteiger partial charge in [0, 0.05) is 54.1 Å². The highest BCUT2D eigenvalue weighted by molar-refractivity contribution is 6.30. The van der Waals surface area contributed by atoms with Gasteiger partial charge in [-0.2, -0.15) is 0 Å². The van der Waals surface area contributed by atoms with Gasteiger partial charge in [0.1, 0.15) is 5.65 Å². The Bertz CT molecular complexity index is 1210. The summed E-state index contributed by atoms with van der Waals surface area (Å²) in [5.41, 5.74) is 5.61. The minimum atomic E-state index is -0.147. The quantitative estimate of drug-likeness (QED) is 0.577. The van der Waals surface area contributed by atoms with Crippen molar-refractivity contribution in [2.45, 2.75) is 19.5 Å². The lowest BCUT2D eigenvalue weighted by Crippen LogP contribution is -2.33. The van der Waals surface area contributed by atoms with Gasteiger partial charge in [0.15, 0.2) is 0 Å². The lowest BCUT2D eigenvalue weighted by Gasteiger charge is -2.28. The van der Waals surface area contributed by atoms with Crippen LogP contribution in [0.2, 0.25) is 5.02 Å². The molecule has 2 aromatic carbocycles. The van der Waals surface area contributed by atoms with Gasteiger partial charge in [-0.05, 0) is 17.7 Å². The van der Waals surface area contributed by atoms with Crippen LogP contribution in [-0.2, 0) is 19.5 Å². The molecule has 0 spiro atoms. The molecule has 0 fully saturated rings. The molecule has 2 aromatic heterocycles. The molecule has 5 rings (SSSR count). The number of nitrogens with zero attached hydrogens (tertiary/aromatic N) is 3. The van der Waals surface area contributed by atoms with Crippen LogP contribution < -0.4 is 5.69 Å². The van der Waals surface area contributed by atoms with E-state index in [0.29, 0.717) is 5.02 Å². The number of H-pyrrole nitrogens is 1. The predicted molar refractivity (Wildman–Crippen MR) is 111 cm³/mol. The fourth-order valence-electron chi connectivity index (χ4n) is 3.86. The third kappa shape index (κ3) is 3.13. The Labute approximate surface area is 167 Å². The highest BCUT2D eigenvalue weighted by Gasteiger charge is 2.22. The molecule has 0 saturated heterocycles. The minimum absolute atomic E-state index is 0.147. The molecule has 0 saturated carbocycles. The number of nitrogens with one attached hydrogen (secondary N) is 1. The second-order valence-electron chi connectivity index (χ2n) is 7.16. The zero-order chi connectivity index (χ0) is 19.1. The van der Waals surface area contributed by atoms with Gasteiger partial charge in [-0.3, -0.25) is 9.30 Å². The Kier molecular flexibility index (Phi) is 4.26. The number of aromatic nitrogens is 3. The van der Waals surface area contributed by atoms with Crippen LogP contribution in [0.15, 0.2) is 65.6 Å². The summed E-state index contributed by atoms with van der Waals surface area (Å²) in [4.78, 5) is 22.8. The Balaban J connectivity index is 1.55. The first-order valence-corrected chi connectivity index (χ1v) is 9.70. The van der Waals surface area contributed by atoms with Gasteiger partial charge in [0.05, 0.1) is 5.69 Å². The molecule has 1 N–H and O–H groups in total. The Morgan fingerprint density at radius 1 is 1.11 bits per heavy atom. The monoisotopic (exact) mass is 390 g/mol. The van der Waals surface area contributed by atoms with Crippen LogP contribution in [0.25, 0.3) is 16.9 Å². The minimum Gasteiger partial charge on any atom is -0.310 e. The molecule has 0 amide bonds. The molecular weight excluding hydrogens is 372 g/mol. The fraction of sp³-hybridized carbons (Fsp3) is 0.182. The largest absolute Gasteiger partial charge is 0.331 e. The van der Waals surface area contributed by atoms with Gasteiger partial charge in [-0.25, -0.2) is 9.78 Å². The van der Waals surface area contributed by atoms with Crippen LogP contribution in [0, 0.1) is 0 Å². The topological polar surface area (TPSA) is 53.4 Å². The number of fused-ring (bicyclic) bond motifs is 3. The van der Waals surface area contributed by atoms with Crippen LogP contribution in [0.1, 0.15) is 16.8 Å². The van der Waals surface area contributed by atoms with E-state index in [9.17, 15) is 4.79 Å². The van der Waals surface area contributed by atoms with E-state index in [-0.39, 0.29) is 5.69 Å². The molecule has 0 bridgehead atoms. The normalized spacial score (nSPS) is 14.3. The van der Waals surface area contributed by atoms with Crippen molar-refractivity contribution >= 4 is 17.2 Å². The van der Waals surface area contributed by atoms with Gasteiger partial charge in [0.2, 0.25) is 0 Å². The summed E-state index contributed by atoms with van der Waals surface area (Å²) >= 11 is 6.13. The molecule has 0 atom stereocenters. The van der Waals surface area contributed by atoms with E-state index in [4.69, 9.17) is 16.6 Å². The standard InChI is InChI=1S/C22H19ClN4O/c23-17-8-4-7-16(11-17)20-14-27-21(24-20)18-13-26(10-9-19(18)25-22(27)28)12-15-5-2-1-3-6-15/h1-8,11,14H,9-10,12-13H2,(H,25,28). The number of hydrogen-bond donors (Lipinski definition) is 1. The third-order valence-electron chi connectivity index (χ3n) is 5.25. The van der Waals surface area contributed by atoms with Gasteiger partial charge in [-0.15, -0.1) is 0 Å². The Morgan fingerprint density at radius 3 is 2.79 bits per heavy atom. The third-order valence-corrected chi connectivity index (χ3v) is 5.48. The average molecular weight is 391 g/mol. The van der Waals surface area contributed by atoms with E-state index < -0.39 is 0 Å². The first kappa shape index (κ1) is 17.2. The summed E-state index contributed by atoms with van der Waals surface area (Å²) in [5.74, 6) is 0. The number of aromatic amines is 1. The van der Waals surface area contributed by atoms with Crippen LogP contribution in [0.5, 0.6) is 0 Å². The number of halogens is 1.